The highest BCUT2D eigenvalue weighted by Crippen LogP contribution is 2.47. The zero-order chi connectivity index (χ0) is 21.3. The van der Waals surface area contributed by atoms with Gasteiger partial charge < -0.3 is 14.7 Å². The molecule has 0 aliphatic carbocycles. The molecule has 0 radical (unpaired) electrons. The largest absolute Gasteiger partial charge is 0.472 e. The first-order valence-electron chi connectivity index (χ1n) is 9.17. The number of cyclic esters (lactones) is 1. The number of aliphatic hydroxyl groups excluding tert-OH is 1. The average molecular weight is 413 g/mol. The van der Waals surface area contributed by atoms with Crippen LogP contribution in [0.3, 0.4) is 0 Å². The first-order chi connectivity index (χ1) is 13.1. The van der Waals surface area contributed by atoms with Crippen molar-refractivity contribution < 1.29 is 33.1 Å². The number of esters is 1. The Labute approximate surface area is 166 Å². The normalized spacial score (nSPS) is 25.5. The number of hydrogen-bond acceptors (Lipinski definition) is 7. The van der Waals surface area contributed by atoms with Crippen LogP contribution in [0.5, 0.6) is 0 Å². The van der Waals surface area contributed by atoms with Gasteiger partial charge in [0.2, 0.25) is 0 Å². The molecule has 0 fully saturated rings. The molecule has 0 bridgehead atoms. The SMILES string of the molecule is C#C[C@H](O)[C@@H](C)[C@H](CC[C@H](C)[C@@H]1OC(=O)C=C[C@@H]1C)OP(=O)(O)OCCC#N. The number of phosphoric acid groups is 1. The molecule has 0 aromatic carbocycles. The molecule has 1 rings (SSSR count). The number of carbonyl (C=O) groups excluding carboxylic acids is 1. The number of ether oxygens (including phenoxy) is 1. The monoisotopic (exact) mass is 413 g/mol. The molecule has 9 heteroatoms. The molecule has 1 aliphatic rings. The first kappa shape index (κ1) is 24.4. The maximum Gasteiger partial charge on any atom is 0.472 e. The predicted molar refractivity (Wildman–Crippen MR) is 101 cm³/mol. The van der Waals surface area contributed by atoms with Gasteiger partial charge in [0.05, 0.1) is 25.2 Å². The molecule has 8 nitrogen and oxygen atoms in total. The highest BCUT2D eigenvalue weighted by molar-refractivity contribution is 7.47. The number of phosphoric ester groups is 1. The number of rotatable bonds is 11. The molecule has 28 heavy (non-hydrogen) atoms. The molecule has 0 amide bonds. The molecule has 7 atom stereocenters. The van der Waals surface area contributed by atoms with Crippen molar-refractivity contribution in [3.8, 4) is 18.4 Å². The summed E-state index contributed by atoms with van der Waals surface area (Å²) in [5, 5.41) is 18.5. The van der Waals surface area contributed by atoms with Gasteiger partial charge in [0, 0.05) is 17.9 Å². The maximum atomic E-state index is 12.1. The quantitative estimate of drug-likeness (QED) is 0.229. The van der Waals surface area contributed by atoms with Crippen LogP contribution in [-0.4, -0.2) is 40.9 Å². The molecule has 0 aromatic rings. The fraction of sp³-hybridized carbons (Fsp3) is 0.684. The van der Waals surface area contributed by atoms with Gasteiger partial charge in [-0.15, -0.1) is 6.42 Å². The Balaban J connectivity index is 2.79. The first-order valence-corrected chi connectivity index (χ1v) is 10.7. The minimum Gasteiger partial charge on any atom is -0.458 e. The van der Waals surface area contributed by atoms with Gasteiger partial charge in [-0.2, -0.15) is 5.26 Å². The van der Waals surface area contributed by atoms with Crippen molar-refractivity contribution in [1.29, 1.82) is 5.26 Å². The number of nitriles is 1. The van der Waals surface area contributed by atoms with Crippen LogP contribution in [0, 0.1) is 41.4 Å². The summed E-state index contributed by atoms with van der Waals surface area (Å²) in [7, 11) is -4.42. The van der Waals surface area contributed by atoms with Gasteiger partial charge in [0.15, 0.2) is 0 Å². The zero-order valence-corrected chi connectivity index (χ0v) is 17.2. The van der Waals surface area contributed by atoms with Crippen molar-refractivity contribution in [2.45, 2.75) is 58.3 Å². The highest BCUT2D eigenvalue weighted by Gasteiger charge is 2.34. The molecule has 156 valence electrons. The Hall–Kier alpha value is -1.67. The molecule has 1 unspecified atom stereocenters. The van der Waals surface area contributed by atoms with Crippen LogP contribution in [0.15, 0.2) is 12.2 Å². The topological polar surface area (TPSA) is 126 Å². The summed E-state index contributed by atoms with van der Waals surface area (Å²) in [4.78, 5) is 21.4. The molecule has 2 N–H and O–H groups in total. The van der Waals surface area contributed by atoms with Gasteiger partial charge in [-0.3, -0.25) is 9.05 Å². The van der Waals surface area contributed by atoms with Crippen molar-refractivity contribution in [2.24, 2.45) is 17.8 Å². The number of terminal acetylenes is 1. The maximum absolute atomic E-state index is 12.1. The molecular weight excluding hydrogens is 385 g/mol. The van der Waals surface area contributed by atoms with Crippen LogP contribution in [-0.2, 0) is 23.1 Å². The summed E-state index contributed by atoms with van der Waals surface area (Å²) in [6.45, 7) is 5.21. The summed E-state index contributed by atoms with van der Waals surface area (Å²) in [6.07, 6.45) is 6.82. The lowest BCUT2D eigenvalue weighted by molar-refractivity contribution is -0.149. The van der Waals surface area contributed by atoms with Crippen LogP contribution in [0.4, 0.5) is 0 Å². The van der Waals surface area contributed by atoms with E-state index in [1.54, 1.807) is 19.1 Å². The summed E-state index contributed by atoms with van der Waals surface area (Å²) < 4.78 is 27.6. The summed E-state index contributed by atoms with van der Waals surface area (Å²) >= 11 is 0. The van der Waals surface area contributed by atoms with E-state index in [1.165, 1.54) is 6.08 Å². The molecule has 0 saturated heterocycles. The van der Waals surface area contributed by atoms with Gasteiger partial charge in [-0.05, 0) is 18.8 Å². The summed E-state index contributed by atoms with van der Waals surface area (Å²) in [6, 6.07) is 1.80. The van der Waals surface area contributed by atoms with Crippen LogP contribution in [0.25, 0.3) is 0 Å². The van der Waals surface area contributed by atoms with Gasteiger partial charge in [-0.1, -0.05) is 32.8 Å². The van der Waals surface area contributed by atoms with Crippen LogP contribution in [0.1, 0.15) is 40.0 Å². The van der Waals surface area contributed by atoms with Crippen molar-refractivity contribution in [1.82, 2.24) is 0 Å². The Morgan fingerprint density at radius 1 is 1.43 bits per heavy atom. The Kier molecular flexibility index (Phi) is 9.89. The summed E-state index contributed by atoms with van der Waals surface area (Å²) in [5.74, 6) is 1.14. The molecule has 0 spiro atoms. The van der Waals surface area contributed by atoms with Crippen LogP contribution in [0.2, 0.25) is 0 Å². The second-order valence-corrected chi connectivity index (χ2v) is 8.40. The lowest BCUT2D eigenvalue weighted by Gasteiger charge is -2.32. The van der Waals surface area contributed by atoms with E-state index in [2.05, 4.69) is 5.92 Å². The number of hydrogen-bond donors (Lipinski definition) is 2. The van der Waals surface area contributed by atoms with E-state index in [-0.39, 0.29) is 37.4 Å². The van der Waals surface area contributed by atoms with Crippen LogP contribution < -0.4 is 0 Å². The number of nitrogens with zero attached hydrogens (tertiary/aromatic N) is 1. The lowest BCUT2D eigenvalue weighted by Crippen LogP contribution is -2.35. The van der Waals surface area contributed by atoms with Crippen molar-refractivity contribution in [3.63, 3.8) is 0 Å². The highest BCUT2D eigenvalue weighted by atomic mass is 31.2. The molecule has 0 saturated carbocycles. The molecular formula is C19H28NO7P. The second-order valence-electron chi connectivity index (χ2n) is 7.00. The smallest absolute Gasteiger partial charge is 0.458 e. The van der Waals surface area contributed by atoms with Crippen molar-refractivity contribution in [3.05, 3.63) is 12.2 Å². The second kappa shape index (κ2) is 11.4. The van der Waals surface area contributed by atoms with Gasteiger partial charge in [0.25, 0.3) is 0 Å². The zero-order valence-electron chi connectivity index (χ0n) is 16.4. The lowest BCUT2D eigenvalue weighted by atomic mass is 9.85. The van der Waals surface area contributed by atoms with Crippen molar-refractivity contribution >= 4 is 13.8 Å². The fourth-order valence-corrected chi connectivity index (χ4v) is 4.04. The van der Waals surface area contributed by atoms with E-state index in [0.717, 1.165) is 0 Å². The van der Waals surface area contributed by atoms with Gasteiger partial charge in [0.1, 0.15) is 12.2 Å². The Morgan fingerprint density at radius 2 is 2.11 bits per heavy atom. The average Bonchev–Trinajstić information content (AvgIpc) is 2.65. The third-order valence-electron chi connectivity index (χ3n) is 4.77. The van der Waals surface area contributed by atoms with Gasteiger partial charge in [-0.25, -0.2) is 9.36 Å². The van der Waals surface area contributed by atoms with E-state index in [4.69, 9.17) is 25.5 Å². The van der Waals surface area contributed by atoms with E-state index in [0.29, 0.717) is 6.42 Å². The van der Waals surface area contributed by atoms with E-state index in [9.17, 15) is 19.4 Å². The number of carbonyl (C=O) groups is 1. The van der Waals surface area contributed by atoms with Crippen LogP contribution >= 0.6 is 7.82 Å². The minimum atomic E-state index is -4.42. The third kappa shape index (κ3) is 7.75. The number of aliphatic hydroxyl groups is 1. The molecule has 1 heterocycles. The predicted octanol–water partition coefficient (Wildman–Crippen LogP) is 2.57. The summed E-state index contributed by atoms with van der Waals surface area (Å²) in [5.41, 5.74) is 0. The van der Waals surface area contributed by atoms with E-state index >= 15 is 0 Å². The standard InChI is InChI=1S/C19H28NO7P/c1-5-16(21)15(4)17(27-28(23,24)25-12-6-11-20)9-7-13(2)19-14(3)8-10-18(22)26-19/h1,8,10,13-17,19,21H,6-7,9,12H2,2-4H3,(H,23,24)/t13-,14-,15+,16-,17-,19-/m0/s1. The molecule has 1 aliphatic heterocycles. The van der Waals surface area contributed by atoms with Gasteiger partial charge >= 0.3 is 13.8 Å². The Morgan fingerprint density at radius 3 is 2.71 bits per heavy atom. The minimum absolute atomic E-state index is 0.0408. The third-order valence-corrected chi connectivity index (χ3v) is 5.81. The Bertz CT molecular complexity index is 681. The van der Waals surface area contributed by atoms with Crippen molar-refractivity contribution in [2.75, 3.05) is 6.61 Å². The fourth-order valence-electron chi connectivity index (χ4n) is 3.02. The molecule has 0 aromatic heterocycles. The van der Waals surface area contributed by atoms with E-state index < -0.39 is 31.9 Å². The van der Waals surface area contributed by atoms with E-state index in [1.807, 2.05) is 13.8 Å².